The summed E-state index contributed by atoms with van der Waals surface area (Å²) in [6, 6.07) is 18.3. The zero-order valence-corrected chi connectivity index (χ0v) is 30.3. The minimum atomic E-state index is -0.604. The lowest BCUT2D eigenvalue weighted by atomic mass is 9.70. The Balaban J connectivity index is 1.03. The van der Waals surface area contributed by atoms with Crippen molar-refractivity contribution in [3.05, 3.63) is 138 Å². The van der Waals surface area contributed by atoms with Crippen molar-refractivity contribution in [3.8, 4) is 11.5 Å². The van der Waals surface area contributed by atoms with Crippen molar-refractivity contribution in [2.24, 2.45) is 11.8 Å². The summed E-state index contributed by atoms with van der Waals surface area (Å²) in [4.78, 5) is 55.0. The normalized spacial score (nSPS) is 24.3. The van der Waals surface area contributed by atoms with Gasteiger partial charge < -0.3 is 9.47 Å². The molecule has 2 aliphatic heterocycles. The molecule has 0 saturated heterocycles. The van der Waals surface area contributed by atoms with Crippen LogP contribution < -0.4 is 9.47 Å². The van der Waals surface area contributed by atoms with E-state index < -0.39 is 34.3 Å². The molecule has 8 heteroatoms. The van der Waals surface area contributed by atoms with Crippen molar-refractivity contribution in [3.63, 3.8) is 0 Å². The third kappa shape index (κ3) is 4.40. The van der Waals surface area contributed by atoms with Crippen LogP contribution in [-0.2, 0) is 9.59 Å². The molecular weight excluding hydrogens is 689 g/mol. The fourth-order valence-corrected chi connectivity index (χ4v) is 10.5. The first-order valence-corrected chi connectivity index (χ1v) is 18.9. The molecule has 254 valence electrons. The van der Waals surface area contributed by atoms with Gasteiger partial charge in [-0.2, -0.15) is 0 Å². The van der Waals surface area contributed by atoms with Gasteiger partial charge in [0.05, 0.1) is 9.75 Å². The quantitative estimate of drug-likeness (QED) is 0.152. The van der Waals surface area contributed by atoms with Crippen LogP contribution in [0.1, 0.15) is 79.0 Å². The van der Waals surface area contributed by atoms with Crippen LogP contribution in [0.5, 0.6) is 11.5 Å². The highest BCUT2D eigenvalue weighted by atomic mass is 32.1. The van der Waals surface area contributed by atoms with E-state index in [4.69, 9.17) is 9.47 Å². The first-order chi connectivity index (χ1) is 24.9. The zero-order chi connectivity index (χ0) is 35.8. The van der Waals surface area contributed by atoms with Crippen molar-refractivity contribution < 1.29 is 28.7 Å². The van der Waals surface area contributed by atoms with E-state index in [-0.39, 0.29) is 11.8 Å². The fourth-order valence-electron chi connectivity index (χ4n) is 8.37. The van der Waals surface area contributed by atoms with Crippen LogP contribution in [0.2, 0.25) is 0 Å². The van der Waals surface area contributed by atoms with Gasteiger partial charge >= 0.3 is 0 Å². The van der Waals surface area contributed by atoms with Gasteiger partial charge in [0.1, 0.15) is 22.7 Å². The third-order valence-electron chi connectivity index (χ3n) is 10.8. The molecule has 10 rings (SSSR count). The fraction of sp³-hybridized carbons (Fsp3) is 0.182. The molecule has 0 fully saturated rings. The Morgan fingerprint density at radius 2 is 0.923 bits per heavy atom. The molecule has 2 unspecified atom stereocenters. The van der Waals surface area contributed by atoms with E-state index >= 15 is 0 Å². The van der Waals surface area contributed by atoms with Crippen molar-refractivity contribution in [2.45, 2.75) is 38.9 Å². The summed E-state index contributed by atoms with van der Waals surface area (Å²) in [5.41, 5.74) is 6.34. The van der Waals surface area contributed by atoms with Gasteiger partial charge in [0.15, 0.2) is 0 Å². The van der Waals surface area contributed by atoms with Gasteiger partial charge in [-0.15, -0.1) is 22.7 Å². The van der Waals surface area contributed by atoms with Crippen molar-refractivity contribution in [1.82, 2.24) is 0 Å². The molecular formula is C44H30O6S2. The van der Waals surface area contributed by atoms with Gasteiger partial charge in [-0.1, -0.05) is 72.8 Å². The molecule has 2 atom stereocenters. The number of rotatable bonds is 2. The molecule has 0 N–H and O–H groups in total. The highest BCUT2D eigenvalue weighted by Crippen LogP contribution is 2.56. The number of hydrogen-bond acceptors (Lipinski definition) is 8. The lowest BCUT2D eigenvalue weighted by Gasteiger charge is -2.42. The number of benzene rings is 2. The second-order valence-corrected chi connectivity index (χ2v) is 17.1. The van der Waals surface area contributed by atoms with E-state index in [1.54, 1.807) is 46.9 Å². The smallest absolute Gasteiger partial charge is 0.234 e. The second kappa shape index (κ2) is 10.6. The summed E-state index contributed by atoms with van der Waals surface area (Å²) < 4.78 is 13.3. The monoisotopic (exact) mass is 718 g/mol. The first kappa shape index (κ1) is 31.3. The SMILES string of the molecule is CC1(C)Oc2cc(/C=C3\C(=O)C(=O)c4ccccc43)sc2C2=CC3C=C4C(=CC3C=C21)c1sc(/C=C2\C(=O)C(=O)c3ccccc32)cc1OC4(C)C. The summed E-state index contributed by atoms with van der Waals surface area (Å²) in [6.07, 6.45) is 13.0. The summed E-state index contributed by atoms with van der Waals surface area (Å²) in [6.45, 7) is 8.33. The van der Waals surface area contributed by atoms with Gasteiger partial charge in [0, 0.05) is 43.9 Å². The summed E-state index contributed by atoms with van der Waals surface area (Å²) >= 11 is 3.13. The largest absolute Gasteiger partial charge is 0.482 e. The number of thiophene rings is 2. The van der Waals surface area contributed by atoms with Crippen molar-refractivity contribution >= 4 is 80.3 Å². The molecule has 6 nitrogen and oxygen atoms in total. The lowest BCUT2D eigenvalue weighted by molar-refractivity contribution is -0.110. The Kier molecular flexibility index (Phi) is 6.36. The molecule has 4 heterocycles. The molecule has 0 amide bonds. The highest BCUT2D eigenvalue weighted by molar-refractivity contribution is 7.15. The molecule has 0 spiro atoms. The number of fused-ring (bicyclic) bond motifs is 9. The Bertz CT molecular complexity index is 2430. The van der Waals surface area contributed by atoms with Crippen LogP contribution in [0.25, 0.3) is 34.4 Å². The van der Waals surface area contributed by atoms with Crippen LogP contribution in [0.3, 0.4) is 0 Å². The number of ketones is 4. The first-order valence-electron chi connectivity index (χ1n) is 17.2. The van der Waals surface area contributed by atoms with E-state index in [9.17, 15) is 19.2 Å². The standard InChI is InChI=1S/C44H30O6S2/c1-43(2)33-15-21-14-32-34(44(3,4)50-36-20-24(52-42(32)36)18-30-26-10-6-8-12-28(26)38(46)40(30)48)16-22(21)13-31(33)41-35(49-43)19-23(51-41)17-29-25-9-5-7-11-27(25)37(45)39(29)47/h5-22H,1-4H3/b29-17-,30-18-. The summed E-state index contributed by atoms with van der Waals surface area (Å²) in [5.74, 6) is -0.195. The maximum absolute atomic E-state index is 13.0. The Hall–Kier alpha value is -5.44. The van der Waals surface area contributed by atoms with Crippen LogP contribution in [0.4, 0.5) is 0 Å². The van der Waals surface area contributed by atoms with E-state index in [0.717, 1.165) is 53.3 Å². The van der Waals surface area contributed by atoms with Gasteiger partial charge in [0.25, 0.3) is 0 Å². The minimum Gasteiger partial charge on any atom is -0.482 e. The van der Waals surface area contributed by atoms with Gasteiger partial charge in [-0.25, -0.2) is 0 Å². The Morgan fingerprint density at radius 3 is 1.33 bits per heavy atom. The maximum atomic E-state index is 13.0. The van der Waals surface area contributed by atoms with Gasteiger partial charge in [-0.3, -0.25) is 19.2 Å². The molecule has 2 aromatic carbocycles. The van der Waals surface area contributed by atoms with Crippen LogP contribution >= 0.6 is 22.7 Å². The van der Waals surface area contributed by atoms with Crippen LogP contribution in [0.15, 0.2) is 96.1 Å². The third-order valence-corrected chi connectivity index (χ3v) is 13.0. The van der Waals surface area contributed by atoms with E-state index in [2.05, 4.69) is 52.0 Å². The summed E-state index contributed by atoms with van der Waals surface area (Å²) in [5, 5.41) is 0. The number of Topliss-reactive ketones (excluding diaryl/α,β-unsaturated/α-hetero) is 4. The van der Waals surface area contributed by atoms with Crippen molar-refractivity contribution in [1.29, 1.82) is 0 Å². The Labute approximate surface area is 307 Å². The number of allylic oxidation sites excluding steroid dienone is 6. The van der Waals surface area contributed by atoms with Crippen LogP contribution in [-0.4, -0.2) is 34.3 Å². The topological polar surface area (TPSA) is 86.7 Å². The average molecular weight is 719 g/mol. The molecule has 6 aliphatic rings. The lowest BCUT2D eigenvalue weighted by Crippen LogP contribution is -2.39. The number of hydrogen-bond donors (Lipinski definition) is 0. The minimum absolute atomic E-state index is 0.0775. The van der Waals surface area contributed by atoms with Gasteiger partial charge in [-0.05, 0) is 85.4 Å². The van der Waals surface area contributed by atoms with E-state index in [1.807, 2.05) is 48.6 Å². The van der Waals surface area contributed by atoms with E-state index in [0.29, 0.717) is 33.4 Å². The summed E-state index contributed by atoms with van der Waals surface area (Å²) in [7, 11) is 0. The predicted octanol–water partition coefficient (Wildman–Crippen LogP) is 9.34. The Morgan fingerprint density at radius 1 is 0.538 bits per heavy atom. The maximum Gasteiger partial charge on any atom is 0.234 e. The number of carbonyl (C=O) groups is 4. The molecule has 0 bridgehead atoms. The molecule has 4 aliphatic carbocycles. The highest BCUT2D eigenvalue weighted by Gasteiger charge is 2.45. The van der Waals surface area contributed by atoms with Crippen LogP contribution in [0, 0.1) is 11.8 Å². The van der Waals surface area contributed by atoms with Gasteiger partial charge in [0.2, 0.25) is 23.1 Å². The van der Waals surface area contributed by atoms with Crippen molar-refractivity contribution in [2.75, 3.05) is 0 Å². The average Bonchev–Trinajstić information content (AvgIpc) is 3.84. The number of carbonyl (C=O) groups excluding carboxylic acids is 4. The molecule has 2 aromatic heterocycles. The molecule has 4 aromatic rings. The molecule has 0 radical (unpaired) electrons. The van der Waals surface area contributed by atoms with E-state index in [1.165, 1.54) is 0 Å². The molecule has 0 saturated carbocycles. The predicted molar refractivity (Wildman–Crippen MR) is 204 cm³/mol. The molecule has 52 heavy (non-hydrogen) atoms. The number of ether oxygens (including phenoxy) is 2. The zero-order valence-electron chi connectivity index (χ0n) is 28.7. The second-order valence-electron chi connectivity index (χ2n) is 14.9.